The first-order valence-electron chi connectivity index (χ1n) is 4.91. The zero-order valence-corrected chi connectivity index (χ0v) is 8.35. The van der Waals surface area contributed by atoms with Crippen LogP contribution >= 0.6 is 0 Å². The van der Waals surface area contributed by atoms with Gasteiger partial charge in [0, 0.05) is 18.3 Å². The summed E-state index contributed by atoms with van der Waals surface area (Å²) < 4.78 is 0. The predicted molar refractivity (Wildman–Crippen MR) is 61.9 cm³/mol. The molecule has 0 aliphatic heterocycles. The lowest BCUT2D eigenvalue weighted by molar-refractivity contribution is 0.475. The molecule has 2 aromatic rings. The third kappa shape index (κ3) is 2.74. The number of rotatable bonds is 3. The highest BCUT2D eigenvalue weighted by Crippen LogP contribution is 2.16. The molecule has 0 unspecified atom stereocenters. The molecule has 0 saturated carbocycles. The monoisotopic (exact) mass is 199 g/mol. The van der Waals surface area contributed by atoms with E-state index in [2.05, 4.69) is 17.4 Å². The summed E-state index contributed by atoms with van der Waals surface area (Å²) in [5, 5.41) is 12.5. The fourth-order valence-electron chi connectivity index (χ4n) is 1.42. The second-order valence-electron chi connectivity index (χ2n) is 3.39. The normalized spacial score (nSPS) is 9.87. The van der Waals surface area contributed by atoms with E-state index >= 15 is 0 Å². The van der Waals surface area contributed by atoms with Gasteiger partial charge in [0.15, 0.2) is 0 Å². The molecule has 0 atom stereocenters. The van der Waals surface area contributed by atoms with Gasteiger partial charge in [-0.3, -0.25) is 0 Å². The van der Waals surface area contributed by atoms with E-state index in [1.165, 1.54) is 5.56 Å². The van der Waals surface area contributed by atoms with Crippen LogP contribution in [0.2, 0.25) is 0 Å². The van der Waals surface area contributed by atoms with E-state index in [4.69, 9.17) is 0 Å². The Morgan fingerprint density at radius 1 is 0.933 bits per heavy atom. The van der Waals surface area contributed by atoms with E-state index in [9.17, 15) is 5.11 Å². The maximum atomic E-state index is 9.27. The van der Waals surface area contributed by atoms with Crippen molar-refractivity contribution in [3.63, 3.8) is 0 Å². The van der Waals surface area contributed by atoms with Crippen LogP contribution in [0.5, 0.6) is 5.75 Å². The Balaban J connectivity index is 1.99. The second kappa shape index (κ2) is 4.51. The molecule has 15 heavy (non-hydrogen) atoms. The van der Waals surface area contributed by atoms with Crippen LogP contribution in [0.15, 0.2) is 54.6 Å². The Bertz CT molecular complexity index is 426. The molecule has 0 aromatic heterocycles. The van der Waals surface area contributed by atoms with Gasteiger partial charge in [0.05, 0.1) is 0 Å². The third-order valence-electron chi connectivity index (χ3n) is 2.19. The van der Waals surface area contributed by atoms with Gasteiger partial charge in [-0.15, -0.1) is 0 Å². The zero-order chi connectivity index (χ0) is 10.5. The standard InChI is InChI=1S/C13H13NO/c15-13-8-4-7-12(9-13)14-10-11-5-2-1-3-6-11/h1-9,14-15H,10H2. The number of aromatic hydroxyl groups is 1. The maximum Gasteiger partial charge on any atom is 0.117 e. The SMILES string of the molecule is Oc1cccc(NCc2ccccc2)c1. The molecule has 76 valence electrons. The van der Waals surface area contributed by atoms with Crippen molar-refractivity contribution in [3.8, 4) is 5.75 Å². The molecule has 2 N–H and O–H groups in total. The van der Waals surface area contributed by atoms with Gasteiger partial charge in [-0.2, -0.15) is 0 Å². The van der Waals surface area contributed by atoms with E-state index in [-0.39, 0.29) is 5.75 Å². The molecule has 0 spiro atoms. The first-order chi connectivity index (χ1) is 7.34. The van der Waals surface area contributed by atoms with E-state index < -0.39 is 0 Å². The molecule has 2 heteroatoms. The number of nitrogens with one attached hydrogen (secondary N) is 1. The highest BCUT2D eigenvalue weighted by Gasteiger charge is 1.94. The summed E-state index contributed by atoms with van der Waals surface area (Å²) in [5.41, 5.74) is 2.15. The topological polar surface area (TPSA) is 32.3 Å². The van der Waals surface area contributed by atoms with E-state index in [0.717, 1.165) is 12.2 Å². The van der Waals surface area contributed by atoms with Gasteiger partial charge in [0.25, 0.3) is 0 Å². The smallest absolute Gasteiger partial charge is 0.117 e. The highest BCUT2D eigenvalue weighted by atomic mass is 16.3. The molecule has 0 amide bonds. The van der Waals surface area contributed by atoms with Crippen LogP contribution in [0.25, 0.3) is 0 Å². The largest absolute Gasteiger partial charge is 0.508 e. The number of hydrogen-bond acceptors (Lipinski definition) is 2. The summed E-state index contributed by atoms with van der Waals surface area (Å²) >= 11 is 0. The minimum absolute atomic E-state index is 0.285. The summed E-state index contributed by atoms with van der Waals surface area (Å²) in [7, 11) is 0. The molecule has 0 aliphatic rings. The average molecular weight is 199 g/mol. The highest BCUT2D eigenvalue weighted by molar-refractivity contribution is 5.47. The molecule has 0 radical (unpaired) electrons. The minimum atomic E-state index is 0.285. The van der Waals surface area contributed by atoms with Crippen molar-refractivity contribution in [3.05, 3.63) is 60.2 Å². The Hall–Kier alpha value is -1.96. The summed E-state index contributed by atoms with van der Waals surface area (Å²) in [6.07, 6.45) is 0. The predicted octanol–water partition coefficient (Wildman–Crippen LogP) is 3.00. The minimum Gasteiger partial charge on any atom is -0.508 e. The molecule has 2 rings (SSSR count). The lowest BCUT2D eigenvalue weighted by Gasteiger charge is -2.06. The van der Waals surface area contributed by atoms with Crippen molar-refractivity contribution in [2.45, 2.75) is 6.54 Å². The summed E-state index contributed by atoms with van der Waals surface area (Å²) in [6, 6.07) is 17.3. The van der Waals surface area contributed by atoms with Gasteiger partial charge in [0.2, 0.25) is 0 Å². The lowest BCUT2D eigenvalue weighted by atomic mass is 10.2. The molecular weight excluding hydrogens is 186 g/mol. The number of phenolic OH excluding ortho intramolecular Hbond substituents is 1. The molecule has 2 nitrogen and oxygen atoms in total. The Morgan fingerprint density at radius 3 is 2.47 bits per heavy atom. The van der Waals surface area contributed by atoms with Crippen LogP contribution in [-0.2, 0) is 6.54 Å². The first-order valence-corrected chi connectivity index (χ1v) is 4.91. The van der Waals surface area contributed by atoms with Crippen LogP contribution in [0.1, 0.15) is 5.56 Å². The zero-order valence-electron chi connectivity index (χ0n) is 8.35. The van der Waals surface area contributed by atoms with Crippen molar-refractivity contribution in [2.24, 2.45) is 0 Å². The van der Waals surface area contributed by atoms with Gasteiger partial charge in [-0.25, -0.2) is 0 Å². The van der Waals surface area contributed by atoms with Crippen LogP contribution < -0.4 is 5.32 Å². The van der Waals surface area contributed by atoms with Crippen molar-refractivity contribution in [1.82, 2.24) is 0 Å². The fraction of sp³-hybridized carbons (Fsp3) is 0.0769. The molecule has 0 heterocycles. The van der Waals surface area contributed by atoms with Gasteiger partial charge >= 0.3 is 0 Å². The van der Waals surface area contributed by atoms with E-state index in [1.807, 2.05) is 30.3 Å². The number of hydrogen-bond donors (Lipinski definition) is 2. The Labute approximate surface area is 89.2 Å². The molecule has 0 fully saturated rings. The summed E-state index contributed by atoms with van der Waals surface area (Å²) in [4.78, 5) is 0. The Morgan fingerprint density at radius 2 is 1.73 bits per heavy atom. The molecule has 0 aliphatic carbocycles. The van der Waals surface area contributed by atoms with Crippen molar-refractivity contribution in [2.75, 3.05) is 5.32 Å². The van der Waals surface area contributed by atoms with Crippen LogP contribution in [0.4, 0.5) is 5.69 Å². The van der Waals surface area contributed by atoms with Gasteiger partial charge in [0.1, 0.15) is 5.75 Å². The molecule has 0 bridgehead atoms. The summed E-state index contributed by atoms with van der Waals surface area (Å²) in [6.45, 7) is 0.768. The van der Waals surface area contributed by atoms with E-state index in [1.54, 1.807) is 12.1 Å². The maximum absolute atomic E-state index is 9.27. The Kier molecular flexibility index (Phi) is 2.88. The van der Waals surface area contributed by atoms with Gasteiger partial charge < -0.3 is 10.4 Å². The van der Waals surface area contributed by atoms with Crippen LogP contribution in [0.3, 0.4) is 0 Å². The lowest BCUT2D eigenvalue weighted by Crippen LogP contribution is -1.98. The van der Waals surface area contributed by atoms with Gasteiger partial charge in [-0.1, -0.05) is 36.4 Å². The number of anilines is 1. The third-order valence-corrected chi connectivity index (χ3v) is 2.19. The van der Waals surface area contributed by atoms with Crippen molar-refractivity contribution < 1.29 is 5.11 Å². The van der Waals surface area contributed by atoms with Crippen LogP contribution in [0, 0.1) is 0 Å². The summed E-state index contributed by atoms with van der Waals surface area (Å²) in [5.74, 6) is 0.285. The van der Waals surface area contributed by atoms with Gasteiger partial charge in [-0.05, 0) is 17.7 Å². The molecular formula is C13H13NO. The van der Waals surface area contributed by atoms with Crippen molar-refractivity contribution >= 4 is 5.69 Å². The van der Waals surface area contributed by atoms with E-state index in [0.29, 0.717) is 0 Å². The number of benzene rings is 2. The second-order valence-corrected chi connectivity index (χ2v) is 3.39. The molecule has 0 saturated heterocycles. The first kappa shape index (κ1) is 9.59. The quantitative estimate of drug-likeness (QED) is 0.796. The molecule has 2 aromatic carbocycles. The van der Waals surface area contributed by atoms with Crippen molar-refractivity contribution in [1.29, 1.82) is 0 Å². The average Bonchev–Trinajstić information content (AvgIpc) is 2.28. The number of phenols is 1. The fourth-order valence-corrected chi connectivity index (χ4v) is 1.42. The van der Waals surface area contributed by atoms with Crippen LogP contribution in [-0.4, -0.2) is 5.11 Å².